The maximum absolute atomic E-state index is 14.0. The van der Waals surface area contributed by atoms with Crippen molar-refractivity contribution in [1.29, 1.82) is 0 Å². The van der Waals surface area contributed by atoms with Gasteiger partial charge in [0.05, 0.1) is 10.5 Å². The molecular weight excluding hydrogens is 377 g/mol. The van der Waals surface area contributed by atoms with Crippen LogP contribution in [0.5, 0.6) is 0 Å². The number of benzene rings is 1. The Morgan fingerprint density at radius 1 is 1.26 bits per heavy atom. The SMILES string of the molecule is NNC(Cc1ccc(Br)cn1)c1cccc(Br)c1F. The van der Waals surface area contributed by atoms with Gasteiger partial charge in [0.2, 0.25) is 0 Å². The quantitative estimate of drug-likeness (QED) is 0.622. The number of hydrogen-bond donors (Lipinski definition) is 2. The van der Waals surface area contributed by atoms with Crippen LogP contribution in [0, 0.1) is 5.82 Å². The van der Waals surface area contributed by atoms with Gasteiger partial charge in [-0.3, -0.25) is 16.3 Å². The van der Waals surface area contributed by atoms with Gasteiger partial charge in [0.1, 0.15) is 5.82 Å². The summed E-state index contributed by atoms with van der Waals surface area (Å²) in [6.07, 6.45) is 2.22. The van der Waals surface area contributed by atoms with Crippen LogP contribution in [-0.4, -0.2) is 4.98 Å². The van der Waals surface area contributed by atoms with Gasteiger partial charge in [-0.25, -0.2) is 4.39 Å². The molecule has 0 aliphatic carbocycles. The van der Waals surface area contributed by atoms with E-state index in [1.165, 1.54) is 0 Å². The lowest BCUT2D eigenvalue weighted by Crippen LogP contribution is -2.30. The second-order valence-electron chi connectivity index (χ2n) is 4.03. The highest BCUT2D eigenvalue weighted by molar-refractivity contribution is 9.10. The first kappa shape index (κ1) is 14.6. The van der Waals surface area contributed by atoms with Gasteiger partial charge in [-0.15, -0.1) is 0 Å². The molecule has 1 unspecified atom stereocenters. The van der Waals surface area contributed by atoms with Crippen molar-refractivity contribution in [2.45, 2.75) is 12.5 Å². The third-order valence-corrected chi connectivity index (χ3v) is 3.84. The van der Waals surface area contributed by atoms with Crippen molar-refractivity contribution in [2.75, 3.05) is 0 Å². The van der Waals surface area contributed by atoms with Crippen molar-refractivity contribution in [2.24, 2.45) is 5.84 Å². The fraction of sp³-hybridized carbons (Fsp3) is 0.154. The van der Waals surface area contributed by atoms with Crippen molar-refractivity contribution in [3.05, 3.63) is 62.5 Å². The molecule has 0 saturated carbocycles. The fourth-order valence-corrected chi connectivity index (χ4v) is 2.40. The maximum Gasteiger partial charge on any atom is 0.142 e. The molecule has 3 nitrogen and oxygen atoms in total. The summed E-state index contributed by atoms with van der Waals surface area (Å²) in [7, 11) is 0. The first-order chi connectivity index (χ1) is 9.11. The Kier molecular flexibility index (Phi) is 5.04. The molecule has 6 heteroatoms. The lowest BCUT2D eigenvalue weighted by Gasteiger charge is -2.17. The van der Waals surface area contributed by atoms with Gasteiger partial charge in [0.15, 0.2) is 0 Å². The number of hydrogen-bond acceptors (Lipinski definition) is 3. The summed E-state index contributed by atoms with van der Waals surface area (Å²) in [5, 5.41) is 0. The molecular formula is C13H12Br2FN3. The summed E-state index contributed by atoms with van der Waals surface area (Å²) in [6, 6.07) is 8.60. The minimum Gasteiger partial charge on any atom is -0.271 e. The molecule has 0 saturated heterocycles. The highest BCUT2D eigenvalue weighted by Gasteiger charge is 2.17. The van der Waals surface area contributed by atoms with E-state index in [4.69, 9.17) is 5.84 Å². The highest BCUT2D eigenvalue weighted by Crippen LogP contribution is 2.25. The minimum atomic E-state index is -0.328. The first-order valence-electron chi connectivity index (χ1n) is 5.62. The zero-order chi connectivity index (χ0) is 13.8. The zero-order valence-corrected chi connectivity index (χ0v) is 13.1. The van der Waals surface area contributed by atoms with E-state index >= 15 is 0 Å². The smallest absolute Gasteiger partial charge is 0.142 e. The molecule has 0 fully saturated rings. The second kappa shape index (κ2) is 6.56. The number of halogens is 3. The van der Waals surface area contributed by atoms with Gasteiger partial charge in [-0.05, 0) is 50.1 Å². The Labute approximate surface area is 127 Å². The van der Waals surface area contributed by atoms with E-state index in [-0.39, 0.29) is 11.9 Å². The summed E-state index contributed by atoms with van der Waals surface area (Å²) in [5.41, 5.74) is 3.99. The Morgan fingerprint density at radius 2 is 2.05 bits per heavy atom. The Balaban J connectivity index is 2.25. The lowest BCUT2D eigenvalue weighted by molar-refractivity contribution is 0.504. The van der Waals surface area contributed by atoms with Gasteiger partial charge in [0.25, 0.3) is 0 Å². The van der Waals surface area contributed by atoms with E-state index in [0.717, 1.165) is 10.2 Å². The van der Waals surface area contributed by atoms with Crippen LogP contribution < -0.4 is 11.3 Å². The average molecular weight is 389 g/mol. The molecule has 100 valence electrons. The van der Waals surface area contributed by atoms with Crippen LogP contribution in [0.15, 0.2) is 45.5 Å². The van der Waals surface area contributed by atoms with Gasteiger partial charge in [-0.2, -0.15) is 0 Å². The highest BCUT2D eigenvalue weighted by atomic mass is 79.9. The van der Waals surface area contributed by atoms with Gasteiger partial charge >= 0.3 is 0 Å². The Bertz CT molecular complexity index is 560. The number of nitrogens with zero attached hydrogens (tertiary/aromatic N) is 1. The van der Waals surface area contributed by atoms with Crippen LogP contribution in [0.25, 0.3) is 0 Å². The van der Waals surface area contributed by atoms with E-state index in [0.29, 0.717) is 16.5 Å². The van der Waals surface area contributed by atoms with E-state index in [9.17, 15) is 4.39 Å². The third kappa shape index (κ3) is 3.60. The molecule has 0 aliphatic heterocycles. The zero-order valence-electron chi connectivity index (χ0n) is 9.91. The largest absolute Gasteiger partial charge is 0.271 e. The van der Waals surface area contributed by atoms with Crippen LogP contribution in [-0.2, 0) is 6.42 Å². The summed E-state index contributed by atoms with van der Waals surface area (Å²) in [6.45, 7) is 0. The molecule has 0 radical (unpaired) electrons. The van der Waals surface area contributed by atoms with Crippen molar-refractivity contribution >= 4 is 31.9 Å². The Hall–Kier alpha value is -0.820. The van der Waals surface area contributed by atoms with Gasteiger partial charge in [0, 0.05) is 28.3 Å². The number of rotatable bonds is 4. The summed E-state index contributed by atoms with van der Waals surface area (Å²) >= 11 is 6.50. The predicted octanol–water partition coefficient (Wildman–Crippen LogP) is 3.49. The van der Waals surface area contributed by atoms with Crippen molar-refractivity contribution in [1.82, 2.24) is 10.4 Å². The van der Waals surface area contributed by atoms with E-state index in [2.05, 4.69) is 42.3 Å². The molecule has 0 aliphatic rings. The summed E-state index contributed by atoms with van der Waals surface area (Å²) in [4.78, 5) is 4.27. The molecule has 1 aromatic carbocycles. The molecule has 1 atom stereocenters. The fourth-order valence-electron chi connectivity index (χ4n) is 1.78. The maximum atomic E-state index is 14.0. The van der Waals surface area contributed by atoms with Crippen LogP contribution in [0.2, 0.25) is 0 Å². The topological polar surface area (TPSA) is 50.9 Å². The lowest BCUT2D eigenvalue weighted by atomic mass is 10.0. The number of nitrogens with two attached hydrogens (primary N) is 1. The number of hydrazine groups is 1. The van der Waals surface area contributed by atoms with Crippen LogP contribution in [0.3, 0.4) is 0 Å². The molecule has 0 spiro atoms. The van der Waals surface area contributed by atoms with Crippen molar-refractivity contribution < 1.29 is 4.39 Å². The van der Waals surface area contributed by atoms with E-state index < -0.39 is 0 Å². The third-order valence-electron chi connectivity index (χ3n) is 2.76. The molecule has 1 heterocycles. The van der Waals surface area contributed by atoms with Crippen LogP contribution >= 0.6 is 31.9 Å². The van der Waals surface area contributed by atoms with Crippen LogP contribution in [0.4, 0.5) is 4.39 Å². The number of aromatic nitrogens is 1. The first-order valence-corrected chi connectivity index (χ1v) is 7.21. The summed E-state index contributed by atoms with van der Waals surface area (Å²) in [5.74, 6) is 5.23. The average Bonchev–Trinajstić information content (AvgIpc) is 2.42. The predicted molar refractivity (Wildman–Crippen MR) is 79.8 cm³/mol. The molecule has 3 N–H and O–H groups in total. The molecule has 0 bridgehead atoms. The molecule has 2 rings (SSSR count). The monoisotopic (exact) mass is 387 g/mol. The van der Waals surface area contributed by atoms with E-state index in [1.54, 1.807) is 24.4 Å². The standard InChI is InChI=1S/C13H12Br2FN3/c14-8-4-5-9(18-7-8)6-12(19-17)10-2-1-3-11(15)13(10)16/h1-5,7,12,19H,6,17H2. The second-order valence-corrected chi connectivity index (χ2v) is 5.80. The van der Waals surface area contributed by atoms with Gasteiger partial charge in [-0.1, -0.05) is 12.1 Å². The van der Waals surface area contributed by atoms with E-state index in [1.807, 2.05) is 12.1 Å². The summed E-state index contributed by atoms with van der Waals surface area (Å²) < 4.78 is 15.4. The Morgan fingerprint density at radius 3 is 2.68 bits per heavy atom. The van der Waals surface area contributed by atoms with Crippen LogP contribution in [0.1, 0.15) is 17.3 Å². The van der Waals surface area contributed by atoms with Crippen molar-refractivity contribution in [3.63, 3.8) is 0 Å². The normalized spacial score (nSPS) is 12.4. The number of pyridine rings is 1. The number of nitrogens with one attached hydrogen (secondary N) is 1. The van der Waals surface area contributed by atoms with Crippen molar-refractivity contribution in [3.8, 4) is 0 Å². The molecule has 19 heavy (non-hydrogen) atoms. The molecule has 0 amide bonds. The minimum absolute atomic E-state index is 0.303. The molecule has 2 aromatic rings. The molecule has 1 aromatic heterocycles. The van der Waals surface area contributed by atoms with Gasteiger partial charge < -0.3 is 0 Å².